The molecule has 0 spiro atoms. The van der Waals surface area contributed by atoms with Gasteiger partial charge >= 0.3 is 6.01 Å². The lowest BCUT2D eigenvalue weighted by Crippen LogP contribution is -2.03. The highest BCUT2D eigenvalue weighted by Gasteiger charge is 2.14. The van der Waals surface area contributed by atoms with Crippen LogP contribution in [0.4, 0.5) is 17.5 Å². The number of rotatable bonds is 7. The van der Waals surface area contributed by atoms with Crippen LogP contribution in [-0.4, -0.2) is 39.1 Å². The minimum Gasteiger partial charge on any atom is -0.480 e. The van der Waals surface area contributed by atoms with E-state index in [9.17, 15) is 0 Å². The predicted octanol–water partition coefficient (Wildman–Crippen LogP) is 3.34. The Kier molecular flexibility index (Phi) is 6.08. The van der Waals surface area contributed by atoms with Crippen LogP contribution < -0.4 is 25.3 Å². The van der Waals surface area contributed by atoms with E-state index in [-0.39, 0.29) is 17.7 Å². The van der Waals surface area contributed by atoms with E-state index in [0.717, 1.165) is 5.69 Å². The summed E-state index contributed by atoms with van der Waals surface area (Å²) in [6, 6.07) is 14.3. The molecule has 0 bridgehead atoms. The highest BCUT2D eigenvalue weighted by atomic mass is 16.5. The molecule has 3 heterocycles. The maximum atomic E-state index is 8.95. The van der Waals surface area contributed by atoms with Crippen LogP contribution in [0.1, 0.15) is 5.69 Å². The molecule has 0 aliphatic rings. The van der Waals surface area contributed by atoms with Crippen molar-refractivity contribution in [1.29, 1.82) is 5.26 Å². The minimum atomic E-state index is 0.0683. The summed E-state index contributed by atoms with van der Waals surface area (Å²) in [6.45, 7) is 0. The van der Waals surface area contributed by atoms with Gasteiger partial charge in [0.2, 0.25) is 11.8 Å². The SMILES string of the molecule is COc1ncc(-c2cc(Nc3ccc(Oc4ccnc(C#N)c4)cc3)nc(N)n2)c(OC)n1. The van der Waals surface area contributed by atoms with Crippen LogP contribution >= 0.6 is 0 Å². The summed E-state index contributed by atoms with van der Waals surface area (Å²) in [5, 5.41) is 12.1. The smallest absolute Gasteiger partial charge is 0.319 e. The highest BCUT2D eigenvalue weighted by Crippen LogP contribution is 2.30. The van der Waals surface area contributed by atoms with Gasteiger partial charge in [-0.3, -0.25) is 0 Å². The second-order valence-electron chi connectivity index (χ2n) is 6.52. The van der Waals surface area contributed by atoms with E-state index >= 15 is 0 Å². The van der Waals surface area contributed by atoms with Crippen molar-refractivity contribution in [1.82, 2.24) is 24.9 Å². The number of anilines is 3. The monoisotopic (exact) mass is 442 g/mol. The van der Waals surface area contributed by atoms with Crippen molar-refractivity contribution in [2.24, 2.45) is 0 Å². The van der Waals surface area contributed by atoms with Crippen molar-refractivity contribution in [3.05, 3.63) is 60.6 Å². The Hall–Kier alpha value is -4.98. The molecule has 0 radical (unpaired) electrons. The van der Waals surface area contributed by atoms with E-state index in [2.05, 4.69) is 30.2 Å². The number of nitrogens with zero attached hydrogens (tertiary/aromatic N) is 6. The summed E-state index contributed by atoms with van der Waals surface area (Å²) in [5.41, 5.74) is 7.96. The van der Waals surface area contributed by atoms with Crippen LogP contribution in [0, 0.1) is 11.3 Å². The van der Waals surface area contributed by atoms with Gasteiger partial charge in [0.25, 0.3) is 0 Å². The molecular formula is C22H18N8O3. The molecule has 0 aliphatic carbocycles. The first kappa shape index (κ1) is 21.3. The van der Waals surface area contributed by atoms with Gasteiger partial charge in [-0.2, -0.15) is 15.2 Å². The lowest BCUT2D eigenvalue weighted by Gasteiger charge is -2.11. The molecule has 11 nitrogen and oxygen atoms in total. The molecule has 3 aromatic heterocycles. The molecule has 0 amide bonds. The number of nitrogens with two attached hydrogens (primary N) is 1. The van der Waals surface area contributed by atoms with Crippen LogP contribution in [-0.2, 0) is 0 Å². The molecule has 0 fully saturated rings. The van der Waals surface area contributed by atoms with E-state index < -0.39 is 0 Å². The topological polar surface area (TPSA) is 154 Å². The summed E-state index contributed by atoms with van der Waals surface area (Å²) < 4.78 is 16.1. The summed E-state index contributed by atoms with van der Waals surface area (Å²) in [4.78, 5) is 20.7. The summed E-state index contributed by atoms with van der Waals surface area (Å²) in [7, 11) is 2.96. The van der Waals surface area contributed by atoms with E-state index in [4.69, 9.17) is 25.2 Å². The second kappa shape index (κ2) is 9.44. The van der Waals surface area contributed by atoms with Crippen LogP contribution in [0.15, 0.2) is 54.9 Å². The van der Waals surface area contributed by atoms with Gasteiger partial charge in [-0.15, -0.1) is 0 Å². The fourth-order valence-corrected chi connectivity index (χ4v) is 2.87. The number of ether oxygens (including phenoxy) is 3. The van der Waals surface area contributed by atoms with Gasteiger partial charge < -0.3 is 25.3 Å². The number of nitriles is 1. The number of hydrogen-bond donors (Lipinski definition) is 2. The molecule has 4 rings (SSSR count). The van der Waals surface area contributed by atoms with Crippen LogP contribution in [0.5, 0.6) is 23.4 Å². The Morgan fingerprint density at radius 3 is 2.48 bits per heavy atom. The summed E-state index contributed by atoms with van der Waals surface area (Å²) in [5.74, 6) is 1.95. The van der Waals surface area contributed by atoms with Gasteiger partial charge in [0.15, 0.2) is 0 Å². The molecule has 0 saturated carbocycles. The number of benzene rings is 1. The Labute approximate surface area is 188 Å². The Morgan fingerprint density at radius 1 is 0.939 bits per heavy atom. The van der Waals surface area contributed by atoms with Crippen molar-refractivity contribution in [2.45, 2.75) is 0 Å². The lowest BCUT2D eigenvalue weighted by atomic mass is 10.2. The number of aromatic nitrogens is 5. The maximum Gasteiger partial charge on any atom is 0.319 e. The molecule has 33 heavy (non-hydrogen) atoms. The zero-order valence-corrected chi connectivity index (χ0v) is 17.7. The number of nitrogen functional groups attached to an aromatic ring is 1. The summed E-state index contributed by atoms with van der Waals surface area (Å²) >= 11 is 0. The van der Waals surface area contributed by atoms with Gasteiger partial charge in [0.05, 0.1) is 25.5 Å². The fraction of sp³-hybridized carbons (Fsp3) is 0.0909. The van der Waals surface area contributed by atoms with Crippen molar-refractivity contribution in [2.75, 3.05) is 25.3 Å². The first-order valence-corrected chi connectivity index (χ1v) is 9.59. The maximum absolute atomic E-state index is 8.95. The van der Waals surface area contributed by atoms with Gasteiger partial charge in [-0.1, -0.05) is 0 Å². The molecule has 11 heteroatoms. The van der Waals surface area contributed by atoms with Crippen molar-refractivity contribution in [3.63, 3.8) is 0 Å². The quantitative estimate of drug-likeness (QED) is 0.433. The van der Waals surface area contributed by atoms with Gasteiger partial charge in [0.1, 0.15) is 29.1 Å². The average Bonchev–Trinajstić information content (AvgIpc) is 2.84. The standard InChI is InChI=1S/C22H18N8O3/c1-31-20-17(12-26-22(30-20)32-2)18-10-19(29-21(24)28-18)27-13-3-5-15(6-4-13)33-16-7-8-25-14(9-16)11-23/h3-10,12H,1-2H3,(H3,24,27,28,29). The van der Waals surface area contributed by atoms with Crippen LogP contribution in [0.3, 0.4) is 0 Å². The highest BCUT2D eigenvalue weighted by molar-refractivity contribution is 5.70. The number of nitrogens with one attached hydrogen (secondary N) is 1. The second-order valence-corrected chi connectivity index (χ2v) is 6.52. The van der Waals surface area contributed by atoms with Crippen molar-refractivity contribution >= 4 is 17.5 Å². The molecule has 0 atom stereocenters. The molecule has 1 aromatic carbocycles. The molecule has 164 valence electrons. The third-order valence-electron chi connectivity index (χ3n) is 4.34. The Balaban J connectivity index is 1.54. The van der Waals surface area contributed by atoms with Gasteiger partial charge in [0, 0.05) is 30.2 Å². The predicted molar refractivity (Wildman–Crippen MR) is 119 cm³/mol. The van der Waals surface area contributed by atoms with Crippen LogP contribution in [0.2, 0.25) is 0 Å². The van der Waals surface area contributed by atoms with E-state index in [1.165, 1.54) is 20.4 Å². The number of pyridine rings is 1. The van der Waals surface area contributed by atoms with Crippen molar-refractivity contribution < 1.29 is 14.2 Å². The third-order valence-corrected chi connectivity index (χ3v) is 4.34. The minimum absolute atomic E-state index is 0.0683. The number of hydrogen-bond acceptors (Lipinski definition) is 11. The van der Waals surface area contributed by atoms with E-state index in [1.54, 1.807) is 36.5 Å². The largest absolute Gasteiger partial charge is 0.480 e. The molecule has 3 N–H and O–H groups in total. The van der Waals surface area contributed by atoms with E-state index in [0.29, 0.717) is 34.5 Å². The Morgan fingerprint density at radius 2 is 1.76 bits per heavy atom. The normalized spacial score (nSPS) is 10.2. The van der Waals surface area contributed by atoms with E-state index in [1.807, 2.05) is 18.2 Å². The zero-order valence-electron chi connectivity index (χ0n) is 17.7. The molecule has 4 aromatic rings. The van der Waals surface area contributed by atoms with Crippen LogP contribution in [0.25, 0.3) is 11.3 Å². The molecular weight excluding hydrogens is 424 g/mol. The third kappa shape index (κ3) is 5.02. The number of methoxy groups -OCH3 is 2. The van der Waals surface area contributed by atoms with Gasteiger partial charge in [-0.25, -0.2) is 15.0 Å². The van der Waals surface area contributed by atoms with Crippen molar-refractivity contribution in [3.8, 4) is 40.7 Å². The first-order chi connectivity index (χ1) is 16.1. The molecule has 0 unspecified atom stereocenters. The Bertz CT molecular complexity index is 1320. The first-order valence-electron chi connectivity index (χ1n) is 9.59. The summed E-state index contributed by atoms with van der Waals surface area (Å²) in [6.07, 6.45) is 3.06. The molecule has 0 saturated heterocycles. The fourth-order valence-electron chi connectivity index (χ4n) is 2.87. The molecule has 0 aliphatic heterocycles. The zero-order chi connectivity index (χ0) is 23.2. The van der Waals surface area contributed by atoms with Gasteiger partial charge in [-0.05, 0) is 30.3 Å². The average molecular weight is 442 g/mol. The lowest BCUT2D eigenvalue weighted by molar-refractivity contribution is 0.353.